The van der Waals surface area contributed by atoms with Gasteiger partial charge in [-0.25, -0.2) is 0 Å². The second-order valence-corrected chi connectivity index (χ2v) is 8.72. The summed E-state index contributed by atoms with van der Waals surface area (Å²) in [6.07, 6.45) is 1.80. The smallest absolute Gasteiger partial charge is 0.353 e. The van der Waals surface area contributed by atoms with Crippen LogP contribution in [0.4, 0.5) is 13.2 Å². The number of hydrogen-bond acceptors (Lipinski definition) is 2. The molecule has 1 unspecified atom stereocenters. The highest BCUT2D eigenvalue weighted by atomic mass is 19.4. The average Bonchev–Trinajstić information content (AvgIpc) is 2.91. The third kappa shape index (κ3) is 3.25. The molecule has 4 fully saturated rings. The van der Waals surface area contributed by atoms with E-state index in [1.54, 1.807) is 13.8 Å². The van der Waals surface area contributed by atoms with Crippen molar-refractivity contribution < 1.29 is 18.0 Å². The van der Waals surface area contributed by atoms with Crippen molar-refractivity contribution in [3.8, 4) is 0 Å². The Bertz CT molecular complexity index is 669. The summed E-state index contributed by atoms with van der Waals surface area (Å²) in [5, 5.41) is 6.87. The van der Waals surface area contributed by atoms with Crippen LogP contribution in [0.3, 0.4) is 0 Å². The number of hydrogen-bond donors (Lipinski definition) is 1. The van der Waals surface area contributed by atoms with Gasteiger partial charge in [0.05, 0.1) is 12.5 Å². The van der Waals surface area contributed by atoms with Gasteiger partial charge in [0.2, 0.25) is 5.91 Å². The van der Waals surface area contributed by atoms with E-state index in [-0.39, 0.29) is 18.5 Å². The number of nitrogens with zero attached hydrogens (tertiary/aromatic N) is 2. The Kier molecular flexibility index (Phi) is 4.31. The monoisotopic (exact) mass is 369 g/mol. The number of aryl methyl sites for hydroxylation is 1. The minimum absolute atomic E-state index is 0.0640. The van der Waals surface area contributed by atoms with Crippen LogP contribution in [0.2, 0.25) is 0 Å². The highest BCUT2D eigenvalue weighted by Gasteiger charge is 2.48. The molecule has 1 aromatic rings. The van der Waals surface area contributed by atoms with Gasteiger partial charge < -0.3 is 5.32 Å². The zero-order chi connectivity index (χ0) is 18.6. The molecule has 4 nitrogen and oxygen atoms in total. The summed E-state index contributed by atoms with van der Waals surface area (Å²) in [5.74, 6) is 2.39. The summed E-state index contributed by atoms with van der Waals surface area (Å²) in [6, 6.07) is 1.28. The van der Waals surface area contributed by atoms with Crippen molar-refractivity contribution in [2.75, 3.05) is 0 Å². The number of rotatable bonds is 4. The molecule has 144 valence electrons. The summed E-state index contributed by atoms with van der Waals surface area (Å²) in [6.45, 7) is 3.52. The van der Waals surface area contributed by atoms with Crippen molar-refractivity contribution in [3.63, 3.8) is 0 Å². The number of aromatic nitrogens is 2. The molecule has 4 bridgehead atoms. The third-order valence-electron chi connectivity index (χ3n) is 6.70. The first-order valence-electron chi connectivity index (χ1n) is 9.62. The average molecular weight is 369 g/mol. The predicted octanol–water partition coefficient (Wildman–Crippen LogP) is 3.79. The molecule has 4 aliphatic carbocycles. The standard InChI is InChI=1S/C19H26F3N3O/c1-10(9-25-11(2)3-16(24-25)19(20,21)22)18(26)23-17-14-5-12-4-13(7-14)8-15(17)6-12/h3,10,12-15,17H,4-9H2,1-2H3,(H,23,26). The van der Waals surface area contributed by atoms with Crippen LogP contribution in [-0.4, -0.2) is 21.7 Å². The highest BCUT2D eigenvalue weighted by Crippen LogP contribution is 2.53. The van der Waals surface area contributed by atoms with E-state index in [4.69, 9.17) is 0 Å². The van der Waals surface area contributed by atoms with E-state index in [9.17, 15) is 18.0 Å². The summed E-state index contributed by atoms with van der Waals surface area (Å²) >= 11 is 0. The molecule has 4 saturated carbocycles. The van der Waals surface area contributed by atoms with Crippen LogP contribution in [0.1, 0.15) is 50.4 Å². The Labute approximate surface area is 151 Å². The van der Waals surface area contributed by atoms with E-state index in [1.807, 2.05) is 0 Å². The third-order valence-corrected chi connectivity index (χ3v) is 6.70. The van der Waals surface area contributed by atoms with E-state index in [1.165, 1.54) is 36.8 Å². The maximum atomic E-state index is 12.8. The van der Waals surface area contributed by atoms with Crippen LogP contribution >= 0.6 is 0 Å². The molecule has 26 heavy (non-hydrogen) atoms. The Morgan fingerprint density at radius 3 is 2.31 bits per heavy atom. The van der Waals surface area contributed by atoms with Gasteiger partial charge in [-0.05, 0) is 68.8 Å². The topological polar surface area (TPSA) is 46.9 Å². The van der Waals surface area contributed by atoms with E-state index in [0.717, 1.165) is 17.9 Å². The molecule has 5 rings (SSSR count). The van der Waals surface area contributed by atoms with Gasteiger partial charge in [-0.2, -0.15) is 18.3 Å². The number of carbonyl (C=O) groups is 1. The van der Waals surface area contributed by atoms with Gasteiger partial charge in [-0.3, -0.25) is 9.48 Å². The molecule has 4 aliphatic rings. The molecule has 0 saturated heterocycles. The van der Waals surface area contributed by atoms with Gasteiger partial charge in [0, 0.05) is 11.7 Å². The molecule has 0 aromatic carbocycles. The van der Waals surface area contributed by atoms with E-state index in [2.05, 4.69) is 10.4 Å². The quantitative estimate of drug-likeness (QED) is 0.878. The van der Waals surface area contributed by atoms with Crippen LogP contribution in [-0.2, 0) is 17.5 Å². The first kappa shape index (κ1) is 17.9. The molecular formula is C19H26F3N3O. The largest absolute Gasteiger partial charge is 0.435 e. The van der Waals surface area contributed by atoms with E-state index >= 15 is 0 Å². The fourth-order valence-corrected chi connectivity index (χ4v) is 5.64. The lowest BCUT2D eigenvalue weighted by Gasteiger charge is -2.54. The van der Waals surface area contributed by atoms with Crippen molar-refractivity contribution in [2.24, 2.45) is 29.6 Å². The predicted molar refractivity (Wildman–Crippen MR) is 90.1 cm³/mol. The molecule has 0 spiro atoms. The number of halogens is 3. The zero-order valence-corrected chi connectivity index (χ0v) is 15.2. The van der Waals surface area contributed by atoms with Crippen LogP contribution in [0.25, 0.3) is 0 Å². The van der Waals surface area contributed by atoms with E-state index in [0.29, 0.717) is 17.5 Å². The molecule has 1 atom stereocenters. The number of amides is 1. The molecule has 7 heteroatoms. The Morgan fingerprint density at radius 2 is 1.81 bits per heavy atom. The van der Waals surface area contributed by atoms with Gasteiger partial charge in [0.1, 0.15) is 0 Å². The van der Waals surface area contributed by atoms with Gasteiger partial charge in [0.25, 0.3) is 0 Å². The van der Waals surface area contributed by atoms with Crippen LogP contribution < -0.4 is 5.32 Å². The lowest BCUT2D eigenvalue weighted by Crippen LogP contribution is -2.56. The molecule has 1 N–H and O–H groups in total. The summed E-state index contributed by atoms with van der Waals surface area (Å²) in [4.78, 5) is 12.7. The molecule has 0 radical (unpaired) electrons. The minimum atomic E-state index is -4.46. The molecule has 1 aromatic heterocycles. The molecule has 0 aliphatic heterocycles. The summed E-state index contributed by atoms with van der Waals surface area (Å²) in [7, 11) is 0. The lowest BCUT2D eigenvalue weighted by molar-refractivity contribution is -0.141. The van der Waals surface area contributed by atoms with Crippen LogP contribution in [0.5, 0.6) is 0 Å². The fourth-order valence-electron chi connectivity index (χ4n) is 5.64. The highest BCUT2D eigenvalue weighted by molar-refractivity contribution is 5.78. The van der Waals surface area contributed by atoms with Crippen molar-refractivity contribution in [1.82, 2.24) is 15.1 Å². The first-order chi connectivity index (χ1) is 12.2. The SMILES string of the molecule is Cc1cc(C(F)(F)F)nn1CC(C)C(=O)NC1C2CC3CC(C2)CC1C3. The Hall–Kier alpha value is -1.53. The van der Waals surface area contributed by atoms with Crippen molar-refractivity contribution in [1.29, 1.82) is 0 Å². The molecular weight excluding hydrogens is 343 g/mol. The Balaban J connectivity index is 1.39. The van der Waals surface area contributed by atoms with Crippen molar-refractivity contribution >= 4 is 5.91 Å². The number of alkyl halides is 3. The van der Waals surface area contributed by atoms with Crippen LogP contribution in [0, 0.1) is 36.5 Å². The van der Waals surface area contributed by atoms with Crippen LogP contribution in [0.15, 0.2) is 6.07 Å². The first-order valence-corrected chi connectivity index (χ1v) is 9.62. The molecule has 1 amide bonds. The van der Waals surface area contributed by atoms with Crippen molar-refractivity contribution in [3.05, 3.63) is 17.5 Å². The zero-order valence-electron chi connectivity index (χ0n) is 15.2. The van der Waals surface area contributed by atoms with Crippen molar-refractivity contribution in [2.45, 2.75) is 64.7 Å². The summed E-state index contributed by atoms with van der Waals surface area (Å²) < 4.78 is 39.7. The van der Waals surface area contributed by atoms with Gasteiger partial charge >= 0.3 is 6.18 Å². The maximum Gasteiger partial charge on any atom is 0.435 e. The second-order valence-electron chi connectivity index (χ2n) is 8.72. The lowest BCUT2D eigenvalue weighted by atomic mass is 9.54. The molecule has 1 heterocycles. The summed E-state index contributed by atoms with van der Waals surface area (Å²) in [5.41, 5.74) is -0.477. The fraction of sp³-hybridized carbons (Fsp3) is 0.789. The maximum absolute atomic E-state index is 12.8. The number of nitrogens with one attached hydrogen (secondary N) is 1. The van der Waals surface area contributed by atoms with Gasteiger partial charge in [0.15, 0.2) is 5.69 Å². The Morgan fingerprint density at radius 1 is 1.23 bits per heavy atom. The minimum Gasteiger partial charge on any atom is -0.353 e. The van der Waals surface area contributed by atoms with Gasteiger partial charge in [-0.15, -0.1) is 0 Å². The normalized spacial score (nSPS) is 34.1. The van der Waals surface area contributed by atoms with E-state index < -0.39 is 17.8 Å². The second kappa shape index (κ2) is 6.27. The number of carbonyl (C=O) groups excluding carboxylic acids is 1. The van der Waals surface area contributed by atoms with Gasteiger partial charge in [-0.1, -0.05) is 6.92 Å².